The van der Waals surface area contributed by atoms with Crippen LogP contribution in [0.1, 0.15) is 32.9 Å². The van der Waals surface area contributed by atoms with Gasteiger partial charge in [0.1, 0.15) is 6.04 Å². The van der Waals surface area contributed by atoms with Crippen molar-refractivity contribution in [2.45, 2.75) is 25.4 Å². The number of nitrogens with one attached hydrogen (secondary N) is 2. The van der Waals surface area contributed by atoms with Crippen LogP contribution < -0.4 is 10.6 Å². The fourth-order valence-electron chi connectivity index (χ4n) is 3.88. The predicted octanol–water partition coefficient (Wildman–Crippen LogP) is 4.14. The largest absolute Gasteiger partial charge is 0.480 e. The number of carbonyl (C=O) groups excluding carboxylic acids is 2. The fraction of sp³-hybridized carbons (Fsp3) is 0.222. The molecule has 0 unspecified atom stereocenters. The van der Waals surface area contributed by atoms with Gasteiger partial charge >= 0.3 is 5.97 Å². The zero-order valence-corrected chi connectivity index (χ0v) is 22.1. The van der Waals surface area contributed by atoms with Crippen molar-refractivity contribution in [3.63, 3.8) is 0 Å². The van der Waals surface area contributed by atoms with E-state index in [-0.39, 0.29) is 12.3 Å². The number of hydrogen-bond acceptors (Lipinski definition) is 7. The average Bonchev–Trinajstić information content (AvgIpc) is 3.54. The Morgan fingerprint density at radius 2 is 2.00 bits per heavy atom. The molecule has 0 aliphatic rings. The number of carboxylic acids is 1. The molecular weight excluding hydrogens is 522 g/mol. The number of nitriles is 1. The summed E-state index contributed by atoms with van der Waals surface area (Å²) in [6.07, 6.45) is 5.61. The first-order chi connectivity index (χ1) is 18.4. The van der Waals surface area contributed by atoms with Crippen LogP contribution in [-0.2, 0) is 22.6 Å². The Kier molecular flexibility index (Phi) is 8.78. The number of fused-ring (bicyclic) bond motifs is 1. The van der Waals surface area contributed by atoms with Crippen molar-refractivity contribution in [3.05, 3.63) is 82.8 Å². The van der Waals surface area contributed by atoms with Gasteiger partial charge in [0.2, 0.25) is 5.91 Å². The Morgan fingerprint density at radius 1 is 1.21 bits per heavy atom. The van der Waals surface area contributed by atoms with Gasteiger partial charge in [-0.15, -0.1) is 11.3 Å². The fourth-order valence-corrected chi connectivity index (χ4v) is 5.34. The topological polar surface area (TPSA) is 137 Å². The third-order valence-electron chi connectivity index (χ3n) is 5.85. The third-order valence-corrected chi connectivity index (χ3v) is 7.59. The lowest BCUT2D eigenvalue weighted by Crippen LogP contribution is -2.40. The molecule has 4 rings (SSSR count). The van der Waals surface area contributed by atoms with Crippen molar-refractivity contribution in [3.8, 4) is 6.07 Å². The highest BCUT2D eigenvalue weighted by molar-refractivity contribution is 7.98. The van der Waals surface area contributed by atoms with Crippen molar-refractivity contribution in [1.82, 2.24) is 14.9 Å². The summed E-state index contributed by atoms with van der Waals surface area (Å²) in [5.74, 6) is -1.14. The lowest BCUT2D eigenvalue weighted by molar-refractivity contribution is -0.139. The molecule has 11 heteroatoms. The van der Waals surface area contributed by atoms with Crippen LogP contribution in [0.25, 0.3) is 10.1 Å². The predicted molar refractivity (Wildman–Crippen MR) is 149 cm³/mol. The quantitative estimate of drug-likeness (QED) is 0.257. The number of rotatable bonds is 11. The number of benzene rings is 2. The number of hydrogen-bond donors (Lipinski definition) is 3. The summed E-state index contributed by atoms with van der Waals surface area (Å²) in [5, 5.41) is 24.6. The molecule has 3 N–H and O–H groups in total. The van der Waals surface area contributed by atoms with E-state index in [2.05, 4.69) is 21.7 Å². The zero-order chi connectivity index (χ0) is 27.1. The highest BCUT2D eigenvalue weighted by Crippen LogP contribution is 2.31. The molecular formula is C27H25N5O4S2. The second-order valence-corrected chi connectivity index (χ2v) is 10.6. The molecule has 0 saturated carbocycles. The van der Waals surface area contributed by atoms with Crippen LogP contribution in [0.5, 0.6) is 0 Å². The van der Waals surface area contributed by atoms with Gasteiger partial charge in [0, 0.05) is 34.2 Å². The standard InChI is InChI=1S/C27H25N5O4S2/c1-37-10-9-22(27(35)36)31-26(34)24-12-20-21(3-2-4-23(20)38-24)30-25(33)11-19-14-29-16-32(19)15-18-7-5-17(13-28)6-8-18/h2-8,12,14,16,22H,9-11,15H2,1H3,(H,30,33)(H,31,34)(H,35,36)/t22-/m0/s1. The number of anilines is 1. The maximum absolute atomic E-state index is 12.9. The van der Waals surface area contributed by atoms with Gasteiger partial charge in [0.15, 0.2) is 0 Å². The van der Waals surface area contributed by atoms with Gasteiger partial charge in [0.05, 0.1) is 29.3 Å². The van der Waals surface area contributed by atoms with Gasteiger partial charge in [-0.05, 0) is 54.3 Å². The maximum Gasteiger partial charge on any atom is 0.326 e. The van der Waals surface area contributed by atoms with E-state index in [4.69, 9.17) is 5.26 Å². The van der Waals surface area contributed by atoms with Gasteiger partial charge in [-0.2, -0.15) is 17.0 Å². The summed E-state index contributed by atoms with van der Waals surface area (Å²) in [6, 6.07) is 15.5. The summed E-state index contributed by atoms with van der Waals surface area (Å²) in [4.78, 5) is 41.8. The molecule has 0 bridgehead atoms. The van der Waals surface area contributed by atoms with E-state index in [1.165, 1.54) is 23.1 Å². The minimum Gasteiger partial charge on any atom is -0.480 e. The van der Waals surface area contributed by atoms with E-state index >= 15 is 0 Å². The minimum atomic E-state index is -1.07. The first-order valence-electron chi connectivity index (χ1n) is 11.7. The van der Waals surface area contributed by atoms with E-state index in [1.54, 1.807) is 42.9 Å². The van der Waals surface area contributed by atoms with Gasteiger partial charge in [0.25, 0.3) is 5.91 Å². The van der Waals surface area contributed by atoms with Crippen LogP contribution in [0.3, 0.4) is 0 Å². The molecule has 0 aliphatic heterocycles. The molecule has 4 aromatic rings. The van der Waals surface area contributed by atoms with Crippen molar-refractivity contribution >= 4 is 56.7 Å². The molecule has 38 heavy (non-hydrogen) atoms. The molecule has 0 radical (unpaired) electrons. The van der Waals surface area contributed by atoms with Gasteiger partial charge in [-0.3, -0.25) is 9.59 Å². The molecule has 0 fully saturated rings. The Hall–Kier alpha value is -4.14. The van der Waals surface area contributed by atoms with E-state index in [9.17, 15) is 19.5 Å². The Bertz CT molecular complexity index is 1500. The summed E-state index contributed by atoms with van der Waals surface area (Å²) < 4.78 is 2.68. The van der Waals surface area contributed by atoms with Gasteiger partial charge in [-0.25, -0.2) is 9.78 Å². The molecule has 2 heterocycles. The number of nitrogens with zero attached hydrogens (tertiary/aromatic N) is 3. The SMILES string of the molecule is CSCC[C@H](NC(=O)c1cc2c(NC(=O)Cc3cncn3Cc3ccc(C#N)cc3)cccc2s1)C(=O)O. The first-order valence-corrected chi connectivity index (χ1v) is 13.9. The van der Waals surface area contributed by atoms with Gasteiger partial charge in [-0.1, -0.05) is 18.2 Å². The van der Waals surface area contributed by atoms with Crippen molar-refractivity contribution in [1.29, 1.82) is 5.26 Å². The monoisotopic (exact) mass is 547 g/mol. The van der Waals surface area contributed by atoms with Crippen LogP contribution >= 0.6 is 23.1 Å². The molecule has 0 saturated heterocycles. The molecule has 1 atom stereocenters. The Balaban J connectivity index is 1.45. The Morgan fingerprint density at radius 3 is 2.71 bits per heavy atom. The molecule has 194 valence electrons. The summed E-state index contributed by atoms with van der Waals surface area (Å²) in [6.45, 7) is 0.515. The summed E-state index contributed by atoms with van der Waals surface area (Å²) in [7, 11) is 0. The first kappa shape index (κ1) is 26.9. The molecule has 0 spiro atoms. The lowest BCUT2D eigenvalue weighted by Gasteiger charge is -2.12. The Labute approximate surface area is 227 Å². The number of carboxylic acid groups (broad SMARTS) is 1. The van der Waals surface area contributed by atoms with E-state index in [0.717, 1.165) is 16.0 Å². The summed E-state index contributed by atoms with van der Waals surface area (Å²) in [5.41, 5.74) is 2.86. The number of aromatic nitrogens is 2. The molecule has 0 aliphatic carbocycles. The minimum absolute atomic E-state index is 0.0971. The molecule has 2 aromatic heterocycles. The van der Waals surface area contributed by atoms with Crippen LogP contribution in [0.4, 0.5) is 5.69 Å². The van der Waals surface area contributed by atoms with Crippen LogP contribution in [-0.4, -0.2) is 50.5 Å². The van der Waals surface area contributed by atoms with Crippen molar-refractivity contribution < 1.29 is 19.5 Å². The smallest absolute Gasteiger partial charge is 0.326 e. The number of imidazole rings is 1. The van der Waals surface area contributed by atoms with Gasteiger partial charge < -0.3 is 20.3 Å². The maximum atomic E-state index is 12.9. The number of thioether (sulfide) groups is 1. The number of amides is 2. The zero-order valence-electron chi connectivity index (χ0n) is 20.5. The molecule has 2 aromatic carbocycles. The molecule has 2 amide bonds. The lowest BCUT2D eigenvalue weighted by atomic mass is 10.1. The number of thiophene rings is 1. The third kappa shape index (κ3) is 6.59. The van der Waals surface area contributed by atoms with Crippen molar-refractivity contribution in [2.24, 2.45) is 0 Å². The van der Waals surface area contributed by atoms with E-state index < -0.39 is 17.9 Å². The van der Waals surface area contributed by atoms with Crippen LogP contribution in [0.15, 0.2) is 61.1 Å². The number of carbonyl (C=O) groups is 3. The molecule has 9 nitrogen and oxygen atoms in total. The highest BCUT2D eigenvalue weighted by Gasteiger charge is 2.22. The summed E-state index contributed by atoms with van der Waals surface area (Å²) >= 11 is 2.76. The van der Waals surface area contributed by atoms with Crippen LogP contribution in [0, 0.1) is 11.3 Å². The highest BCUT2D eigenvalue weighted by atomic mass is 32.2. The van der Waals surface area contributed by atoms with E-state index in [0.29, 0.717) is 40.2 Å². The number of aliphatic carboxylic acids is 1. The second-order valence-electron chi connectivity index (χ2n) is 8.52. The normalized spacial score (nSPS) is 11.6. The average molecular weight is 548 g/mol. The second kappa shape index (κ2) is 12.4. The van der Waals surface area contributed by atoms with E-state index in [1.807, 2.05) is 29.0 Å². The van der Waals surface area contributed by atoms with Crippen LogP contribution in [0.2, 0.25) is 0 Å². The van der Waals surface area contributed by atoms with Crippen molar-refractivity contribution in [2.75, 3.05) is 17.3 Å².